The van der Waals surface area contributed by atoms with Gasteiger partial charge in [0.2, 0.25) is 0 Å². The average molecular weight is 412 g/mol. The molecule has 0 atom stereocenters. The first kappa shape index (κ1) is 21.3. The first-order valence-electron chi connectivity index (χ1n) is 9.39. The number of benzene rings is 2. The molecule has 0 saturated heterocycles. The molecule has 0 saturated carbocycles. The molecule has 8 heteroatoms. The van der Waals surface area contributed by atoms with Crippen molar-refractivity contribution >= 4 is 5.91 Å². The quantitative estimate of drug-likeness (QED) is 0.584. The third-order valence-corrected chi connectivity index (χ3v) is 4.55. The molecule has 0 bridgehead atoms. The molecule has 158 valence electrons. The number of ether oxygens (including phenoxy) is 2. The van der Waals surface area contributed by atoms with Crippen molar-refractivity contribution in [1.82, 2.24) is 14.7 Å². The molecule has 3 aromatic rings. The highest BCUT2D eigenvalue weighted by Gasteiger charge is 2.14. The number of methoxy groups -OCH3 is 1. The number of carbonyl (C=O) groups is 1. The maximum Gasteiger partial charge on any atom is 0.255 e. The summed E-state index contributed by atoms with van der Waals surface area (Å²) in [7, 11) is 5.39. The fourth-order valence-electron chi connectivity index (χ4n) is 3.28. The predicted octanol–water partition coefficient (Wildman–Crippen LogP) is 2.73. The highest BCUT2D eigenvalue weighted by atomic mass is 19.1. The fraction of sp³-hybridized carbons (Fsp3) is 0.273. The Kier molecular flexibility index (Phi) is 6.68. The Hall–Kier alpha value is -3.39. The van der Waals surface area contributed by atoms with Crippen molar-refractivity contribution in [2.24, 2.45) is 12.8 Å². The summed E-state index contributed by atoms with van der Waals surface area (Å²) in [6.45, 7) is 0.993. The molecule has 3 rings (SSSR count). The van der Waals surface area contributed by atoms with E-state index in [1.807, 2.05) is 32.6 Å². The minimum atomic E-state index is -0.555. The van der Waals surface area contributed by atoms with Crippen LogP contribution in [0.25, 0.3) is 11.1 Å². The van der Waals surface area contributed by atoms with E-state index in [9.17, 15) is 9.18 Å². The molecule has 1 amide bonds. The van der Waals surface area contributed by atoms with Crippen molar-refractivity contribution in [2.45, 2.75) is 13.1 Å². The lowest BCUT2D eigenvalue weighted by Gasteiger charge is -2.19. The number of rotatable bonds is 9. The molecule has 2 N–H and O–H groups in total. The number of carbonyl (C=O) groups excluding carboxylic acids is 1. The van der Waals surface area contributed by atoms with Crippen molar-refractivity contribution in [3.05, 3.63) is 65.7 Å². The SMILES string of the molecule is COc1ccc(F)cc1-c1ccc(OCC(N)=O)c(CN(C)Cc2cnn(C)c2)c1. The summed E-state index contributed by atoms with van der Waals surface area (Å²) < 4.78 is 26.6. The lowest BCUT2D eigenvalue weighted by atomic mass is 10.0. The number of primary amides is 1. The van der Waals surface area contributed by atoms with Crippen molar-refractivity contribution < 1.29 is 18.7 Å². The van der Waals surface area contributed by atoms with Gasteiger partial charge in [-0.15, -0.1) is 0 Å². The molecular weight excluding hydrogens is 387 g/mol. The Labute approximate surface area is 174 Å². The number of halogens is 1. The van der Waals surface area contributed by atoms with Crippen LogP contribution in [0, 0.1) is 5.82 Å². The van der Waals surface area contributed by atoms with Gasteiger partial charge < -0.3 is 15.2 Å². The second-order valence-corrected chi connectivity index (χ2v) is 7.12. The minimum Gasteiger partial charge on any atom is -0.496 e. The highest BCUT2D eigenvalue weighted by molar-refractivity contribution is 5.76. The summed E-state index contributed by atoms with van der Waals surface area (Å²) in [5.74, 6) is 0.207. The molecule has 30 heavy (non-hydrogen) atoms. The third-order valence-electron chi connectivity index (χ3n) is 4.55. The van der Waals surface area contributed by atoms with Gasteiger partial charge in [-0.05, 0) is 42.9 Å². The van der Waals surface area contributed by atoms with Crippen LogP contribution in [-0.4, -0.2) is 41.4 Å². The topological polar surface area (TPSA) is 82.6 Å². The highest BCUT2D eigenvalue weighted by Crippen LogP contribution is 2.34. The van der Waals surface area contributed by atoms with Gasteiger partial charge in [-0.1, -0.05) is 6.07 Å². The van der Waals surface area contributed by atoms with Gasteiger partial charge in [0.1, 0.15) is 17.3 Å². The summed E-state index contributed by atoms with van der Waals surface area (Å²) in [6.07, 6.45) is 3.77. The molecule has 0 fully saturated rings. The zero-order valence-electron chi connectivity index (χ0n) is 17.3. The van der Waals surface area contributed by atoms with Crippen molar-refractivity contribution in [3.8, 4) is 22.6 Å². The van der Waals surface area contributed by atoms with E-state index in [4.69, 9.17) is 15.2 Å². The van der Waals surface area contributed by atoms with Crippen LogP contribution >= 0.6 is 0 Å². The van der Waals surface area contributed by atoms with E-state index < -0.39 is 5.91 Å². The number of hydrogen-bond donors (Lipinski definition) is 1. The fourth-order valence-corrected chi connectivity index (χ4v) is 3.28. The summed E-state index contributed by atoms with van der Waals surface area (Å²) in [4.78, 5) is 13.3. The zero-order chi connectivity index (χ0) is 21.7. The molecular formula is C22H25FN4O3. The van der Waals surface area contributed by atoms with Crippen molar-refractivity contribution in [1.29, 1.82) is 0 Å². The molecule has 7 nitrogen and oxygen atoms in total. The van der Waals surface area contributed by atoms with Crippen LogP contribution < -0.4 is 15.2 Å². The minimum absolute atomic E-state index is 0.220. The normalized spacial score (nSPS) is 11.0. The van der Waals surface area contributed by atoms with E-state index in [-0.39, 0.29) is 12.4 Å². The second kappa shape index (κ2) is 9.41. The number of aryl methyl sites for hydroxylation is 1. The summed E-state index contributed by atoms with van der Waals surface area (Å²) in [6, 6.07) is 9.86. The van der Waals surface area contributed by atoms with Crippen LogP contribution in [0.1, 0.15) is 11.1 Å². The van der Waals surface area contributed by atoms with Crippen LogP contribution in [0.5, 0.6) is 11.5 Å². The molecule has 0 aliphatic heterocycles. The van der Waals surface area contributed by atoms with E-state index in [0.717, 1.165) is 16.7 Å². The van der Waals surface area contributed by atoms with Gasteiger partial charge in [-0.25, -0.2) is 4.39 Å². The summed E-state index contributed by atoms with van der Waals surface area (Å²) >= 11 is 0. The molecule has 0 unspecified atom stereocenters. The van der Waals surface area contributed by atoms with Crippen LogP contribution in [0.3, 0.4) is 0 Å². The number of amides is 1. The van der Waals surface area contributed by atoms with Gasteiger partial charge in [0.05, 0.1) is 13.3 Å². The Morgan fingerprint density at radius 3 is 2.63 bits per heavy atom. The number of nitrogens with zero attached hydrogens (tertiary/aromatic N) is 3. The molecule has 1 aromatic heterocycles. The molecule has 0 radical (unpaired) electrons. The average Bonchev–Trinajstić information content (AvgIpc) is 3.11. The van der Waals surface area contributed by atoms with Gasteiger partial charge >= 0.3 is 0 Å². The van der Waals surface area contributed by atoms with Crippen LogP contribution in [0.2, 0.25) is 0 Å². The number of nitrogens with two attached hydrogens (primary N) is 1. The number of aromatic nitrogens is 2. The Morgan fingerprint density at radius 2 is 1.97 bits per heavy atom. The monoisotopic (exact) mass is 412 g/mol. The van der Waals surface area contributed by atoms with Gasteiger partial charge in [0.25, 0.3) is 5.91 Å². The Bertz CT molecular complexity index is 1030. The van der Waals surface area contributed by atoms with E-state index >= 15 is 0 Å². The lowest BCUT2D eigenvalue weighted by Crippen LogP contribution is -2.22. The lowest BCUT2D eigenvalue weighted by molar-refractivity contribution is -0.119. The van der Waals surface area contributed by atoms with E-state index in [1.54, 1.807) is 30.0 Å². The van der Waals surface area contributed by atoms with Gasteiger partial charge in [-0.2, -0.15) is 5.10 Å². The molecule has 2 aromatic carbocycles. The zero-order valence-corrected chi connectivity index (χ0v) is 17.3. The molecule has 0 spiro atoms. The van der Waals surface area contributed by atoms with Crippen molar-refractivity contribution in [3.63, 3.8) is 0 Å². The van der Waals surface area contributed by atoms with Gasteiger partial charge in [0, 0.05) is 43.0 Å². The first-order valence-corrected chi connectivity index (χ1v) is 9.39. The van der Waals surface area contributed by atoms with Gasteiger partial charge in [0.15, 0.2) is 6.61 Å². The van der Waals surface area contributed by atoms with Gasteiger partial charge in [-0.3, -0.25) is 14.4 Å². The third kappa shape index (κ3) is 5.36. The Morgan fingerprint density at radius 1 is 1.20 bits per heavy atom. The predicted molar refractivity (Wildman–Crippen MR) is 111 cm³/mol. The number of hydrogen-bond acceptors (Lipinski definition) is 5. The van der Waals surface area contributed by atoms with Crippen LogP contribution in [0.4, 0.5) is 4.39 Å². The summed E-state index contributed by atoms with van der Waals surface area (Å²) in [5.41, 5.74) is 8.56. The van der Waals surface area contributed by atoms with E-state index in [1.165, 1.54) is 12.1 Å². The van der Waals surface area contributed by atoms with Crippen LogP contribution in [0.15, 0.2) is 48.8 Å². The van der Waals surface area contributed by atoms with Crippen LogP contribution in [-0.2, 0) is 24.9 Å². The largest absolute Gasteiger partial charge is 0.496 e. The maximum absolute atomic E-state index is 13.9. The van der Waals surface area contributed by atoms with E-state index in [0.29, 0.717) is 30.2 Å². The second-order valence-electron chi connectivity index (χ2n) is 7.12. The van der Waals surface area contributed by atoms with E-state index in [2.05, 4.69) is 10.00 Å². The first-order chi connectivity index (χ1) is 14.4. The molecule has 1 heterocycles. The molecule has 0 aliphatic rings. The van der Waals surface area contributed by atoms with Crippen molar-refractivity contribution in [2.75, 3.05) is 20.8 Å². The smallest absolute Gasteiger partial charge is 0.255 e. The molecule has 0 aliphatic carbocycles. The maximum atomic E-state index is 13.9. The Balaban J connectivity index is 1.92. The standard InChI is InChI=1S/C22H25FN4O3/c1-26(11-15-10-25-27(2)12-15)13-17-8-16(4-6-20(17)30-14-22(24)28)19-9-18(23)5-7-21(19)29-3/h4-10,12H,11,13-14H2,1-3H3,(H2,24,28). The summed E-state index contributed by atoms with van der Waals surface area (Å²) in [5, 5.41) is 4.19.